The molecular formula is C11H14O5. The molecule has 0 fully saturated rings. The molecule has 0 aliphatic rings. The molecule has 0 aliphatic heterocycles. The summed E-state index contributed by atoms with van der Waals surface area (Å²) in [5, 5.41) is 19.1. The lowest BCUT2D eigenvalue weighted by molar-refractivity contribution is -0.140. The number of aryl methyl sites for hydroxylation is 1. The number of aromatic hydroxyl groups is 2. The van der Waals surface area contributed by atoms with Crippen molar-refractivity contribution in [2.45, 2.75) is 12.8 Å². The molecule has 0 heterocycles. The van der Waals surface area contributed by atoms with E-state index >= 15 is 0 Å². The molecule has 0 aliphatic carbocycles. The number of benzene rings is 1. The summed E-state index contributed by atoms with van der Waals surface area (Å²) in [6.07, 6.45) is 0.450. The van der Waals surface area contributed by atoms with E-state index in [2.05, 4.69) is 4.74 Å². The first kappa shape index (κ1) is 12.2. The number of carbonyl (C=O) groups excluding carboxylic acids is 1. The van der Waals surface area contributed by atoms with E-state index in [0.717, 1.165) is 0 Å². The summed E-state index contributed by atoms with van der Waals surface area (Å²) < 4.78 is 9.31. The van der Waals surface area contributed by atoms with Crippen molar-refractivity contribution in [2.75, 3.05) is 14.2 Å². The van der Waals surface area contributed by atoms with Crippen molar-refractivity contribution >= 4 is 5.97 Å². The second-order valence-electron chi connectivity index (χ2n) is 3.20. The van der Waals surface area contributed by atoms with Crippen LogP contribution >= 0.6 is 0 Å². The van der Waals surface area contributed by atoms with Gasteiger partial charge in [-0.05, 0) is 18.1 Å². The predicted molar refractivity (Wildman–Crippen MR) is 56.7 cm³/mol. The highest BCUT2D eigenvalue weighted by molar-refractivity contribution is 5.70. The van der Waals surface area contributed by atoms with Crippen LogP contribution in [0.4, 0.5) is 0 Å². The molecule has 0 bridgehead atoms. The summed E-state index contributed by atoms with van der Waals surface area (Å²) in [6, 6.07) is 3.12. The van der Waals surface area contributed by atoms with Crippen LogP contribution in [0.15, 0.2) is 12.1 Å². The van der Waals surface area contributed by atoms with Gasteiger partial charge in [0.25, 0.3) is 0 Å². The number of phenols is 2. The van der Waals surface area contributed by atoms with E-state index in [9.17, 15) is 15.0 Å². The topological polar surface area (TPSA) is 76.0 Å². The van der Waals surface area contributed by atoms with Crippen molar-refractivity contribution in [3.05, 3.63) is 17.7 Å². The van der Waals surface area contributed by atoms with Gasteiger partial charge in [0.05, 0.1) is 14.2 Å². The second kappa shape index (κ2) is 5.25. The number of hydrogen-bond acceptors (Lipinski definition) is 5. The molecule has 88 valence electrons. The molecule has 0 saturated carbocycles. The molecule has 0 amide bonds. The van der Waals surface area contributed by atoms with Gasteiger partial charge in [-0.15, -0.1) is 0 Å². The van der Waals surface area contributed by atoms with Crippen molar-refractivity contribution in [3.63, 3.8) is 0 Å². The fourth-order valence-electron chi connectivity index (χ4n) is 1.31. The number of phenolic OH excluding ortho intramolecular Hbond substituents is 2. The molecule has 0 radical (unpaired) electrons. The average molecular weight is 226 g/mol. The minimum absolute atomic E-state index is 0.149. The van der Waals surface area contributed by atoms with Crippen molar-refractivity contribution in [1.82, 2.24) is 0 Å². The SMILES string of the molecule is COC(=O)CCc1ccc(OC)c(O)c1O. The summed E-state index contributed by atoms with van der Waals surface area (Å²) in [5.74, 6) is -0.748. The average Bonchev–Trinajstić information content (AvgIpc) is 2.30. The van der Waals surface area contributed by atoms with Crippen LogP contribution in [0.3, 0.4) is 0 Å². The van der Waals surface area contributed by atoms with Crippen molar-refractivity contribution in [1.29, 1.82) is 0 Å². The minimum Gasteiger partial charge on any atom is -0.504 e. The van der Waals surface area contributed by atoms with Crippen LogP contribution in [-0.4, -0.2) is 30.4 Å². The Balaban J connectivity index is 2.82. The molecule has 0 saturated heterocycles. The molecule has 1 aromatic carbocycles. The van der Waals surface area contributed by atoms with Gasteiger partial charge >= 0.3 is 5.97 Å². The first-order valence-electron chi connectivity index (χ1n) is 4.74. The minimum atomic E-state index is -0.366. The zero-order chi connectivity index (χ0) is 12.1. The molecular weight excluding hydrogens is 212 g/mol. The molecule has 5 nitrogen and oxygen atoms in total. The van der Waals surface area contributed by atoms with Gasteiger partial charge in [-0.1, -0.05) is 6.07 Å². The highest BCUT2D eigenvalue weighted by atomic mass is 16.5. The van der Waals surface area contributed by atoms with E-state index in [0.29, 0.717) is 12.0 Å². The molecule has 0 spiro atoms. The lowest BCUT2D eigenvalue weighted by Gasteiger charge is -2.09. The molecule has 2 N–H and O–H groups in total. The van der Waals surface area contributed by atoms with Gasteiger partial charge in [0.15, 0.2) is 11.5 Å². The maximum atomic E-state index is 10.9. The Morgan fingerprint density at radius 2 is 1.94 bits per heavy atom. The standard InChI is InChI=1S/C11H14O5/c1-15-8-5-3-7(10(13)11(8)14)4-6-9(12)16-2/h3,5,13-14H,4,6H2,1-2H3. The van der Waals surface area contributed by atoms with Crippen LogP contribution < -0.4 is 4.74 Å². The molecule has 0 atom stereocenters. The molecule has 16 heavy (non-hydrogen) atoms. The maximum absolute atomic E-state index is 10.9. The molecule has 5 heteroatoms. The number of ether oxygens (including phenoxy) is 2. The Morgan fingerprint density at radius 3 is 2.50 bits per heavy atom. The van der Waals surface area contributed by atoms with E-state index in [1.807, 2.05) is 0 Å². The van der Waals surface area contributed by atoms with Crippen LogP contribution in [0.25, 0.3) is 0 Å². The summed E-state index contributed by atoms with van der Waals surface area (Å²) in [6.45, 7) is 0. The fourth-order valence-corrected chi connectivity index (χ4v) is 1.31. The van der Waals surface area contributed by atoms with Crippen molar-refractivity contribution < 1.29 is 24.5 Å². The number of hydrogen-bond donors (Lipinski definition) is 2. The maximum Gasteiger partial charge on any atom is 0.305 e. The summed E-state index contributed by atoms with van der Waals surface area (Å²) in [4.78, 5) is 10.9. The van der Waals surface area contributed by atoms with Crippen molar-refractivity contribution in [2.24, 2.45) is 0 Å². The lowest BCUT2D eigenvalue weighted by Crippen LogP contribution is -2.02. The Kier molecular flexibility index (Phi) is 3.99. The number of rotatable bonds is 4. The van der Waals surface area contributed by atoms with Crippen molar-refractivity contribution in [3.8, 4) is 17.2 Å². The smallest absolute Gasteiger partial charge is 0.305 e. The van der Waals surface area contributed by atoms with Gasteiger partial charge in [-0.25, -0.2) is 0 Å². The molecule has 1 rings (SSSR count). The number of methoxy groups -OCH3 is 2. The molecule has 0 aromatic heterocycles. The highest BCUT2D eigenvalue weighted by Crippen LogP contribution is 2.38. The van der Waals surface area contributed by atoms with Crippen LogP contribution in [-0.2, 0) is 16.0 Å². The number of carbonyl (C=O) groups is 1. The number of esters is 1. The Morgan fingerprint density at radius 1 is 1.25 bits per heavy atom. The Bertz CT molecular complexity index is 386. The van der Waals surface area contributed by atoms with Gasteiger partial charge < -0.3 is 19.7 Å². The Labute approximate surface area is 93.2 Å². The lowest BCUT2D eigenvalue weighted by atomic mass is 10.1. The van der Waals surface area contributed by atoms with Gasteiger partial charge in [0.1, 0.15) is 0 Å². The van der Waals surface area contributed by atoms with Gasteiger partial charge in [-0.3, -0.25) is 4.79 Å². The van der Waals surface area contributed by atoms with Crippen LogP contribution in [0.5, 0.6) is 17.2 Å². The second-order valence-corrected chi connectivity index (χ2v) is 3.20. The zero-order valence-electron chi connectivity index (χ0n) is 9.19. The van der Waals surface area contributed by atoms with E-state index in [-0.39, 0.29) is 29.6 Å². The monoisotopic (exact) mass is 226 g/mol. The Hall–Kier alpha value is -1.91. The summed E-state index contributed by atoms with van der Waals surface area (Å²) >= 11 is 0. The summed E-state index contributed by atoms with van der Waals surface area (Å²) in [7, 11) is 2.69. The van der Waals surface area contributed by atoms with E-state index in [4.69, 9.17) is 4.74 Å². The fraction of sp³-hybridized carbons (Fsp3) is 0.364. The molecule has 1 aromatic rings. The van der Waals surface area contributed by atoms with E-state index < -0.39 is 0 Å². The first-order chi connectivity index (χ1) is 7.60. The molecule has 0 unspecified atom stereocenters. The summed E-state index contributed by atoms with van der Waals surface area (Å²) in [5.41, 5.74) is 0.476. The van der Waals surface area contributed by atoms with E-state index in [1.54, 1.807) is 6.07 Å². The predicted octanol–water partition coefficient (Wildman–Crippen LogP) is 1.21. The van der Waals surface area contributed by atoms with Crippen LogP contribution in [0, 0.1) is 0 Å². The third-order valence-electron chi connectivity index (χ3n) is 2.24. The normalized spacial score (nSPS) is 9.88. The largest absolute Gasteiger partial charge is 0.504 e. The first-order valence-corrected chi connectivity index (χ1v) is 4.74. The van der Waals surface area contributed by atoms with Crippen LogP contribution in [0.1, 0.15) is 12.0 Å². The quantitative estimate of drug-likeness (QED) is 0.596. The highest BCUT2D eigenvalue weighted by Gasteiger charge is 2.13. The van der Waals surface area contributed by atoms with Gasteiger partial charge in [-0.2, -0.15) is 0 Å². The zero-order valence-corrected chi connectivity index (χ0v) is 9.19. The van der Waals surface area contributed by atoms with Gasteiger partial charge in [0.2, 0.25) is 5.75 Å². The van der Waals surface area contributed by atoms with Crippen LogP contribution in [0.2, 0.25) is 0 Å². The van der Waals surface area contributed by atoms with E-state index in [1.165, 1.54) is 20.3 Å². The third-order valence-corrected chi connectivity index (χ3v) is 2.24. The van der Waals surface area contributed by atoms with Gasteiger partial charge in [0, 0.05) is 6.42 Å². The third kappa shape index (κ3) is 2.56.